The second kappa shape index (κ2) is 4.43. The highest BCUT2D eigenvalue weighted by atomic mass is 79.9. The molecular weight excluding hydrogens is 324 g/mol. The van der Waals surface area contributed by atoms with Gasteiger partial charge >= 0.3 is 0 Å². The molecule has 0 saturated carbocycles. The molecule has 0 spiro atoms. The summed E-state index contributed by atoms with van der Waals surface area (Å²) in [5, 5.41) is 11.3. The van der Waals surface area contributed by atoms with Crippen LogP contribution >= 0.6 is 27.3 Å². The summed E-state index contributed by atoms with van der Waals surface area (Å²) < 4.78 is 3.22. The van der Waals surface area contributed by atoms with Crippen molar-refractivity contribution in [2.24, 2.45) is 5.41 Å². The van der Waals surface area contributed by atoms with Gasteiger partial charge in [-0.2, -0.15) is 0 Å². The fourth-order valence-electron chi connectivity index (χ4n) is 2.96. The average molecular weight is 341 g/mol. The van der Waals surface area contributed by atoms with Crippen LogP contribution in [0.1, 0.15) is 43.3 Å². The number of rotatable bonds is 1. The Morgan fingerprint density at radius 2 is 2.26 bits per heavy atom. The van der Waals surface area contributed by atoms with Gasteiger partial charge in [0, 0.05) is 17.0 Å². The lowest BCUT2D eigenvalue weighted by atomic mass is 9.75. The van der Waals surface area contributed by atoms with Gasteiger partial charge < -0.3 is 5.11 Å². The highest BCUT2D eigenvalue weighted by Gasteiger charge is 2.34. The van der Waals surface area contributed by atoms with E-state index in [0.29, 0.717) is 0 Å². The molecule has 2 aromatic heterocycles. The van der Waals surface area contributed by atoms with Crippen molar-refractivity contribution in [2.45, 2.75) is 39.7 Å². The molecule has 2 heterocycles. The summed E-state index contributed by atoms with van der Waals surface area (Å²) in [5.41, 5.74) is 3.55. The second-order valence-corrected chi connectivity index (χ2v) is 8.42. The topological polar surface area (TPSA) is 38.0 Å². The Labute approximate surface area is 125 Å². The number of aryl methyl sites for hydroxylation is 1. The van der Waals surface area contributed by atoms with E-state index in [-0.39, 0.29) is 11.5 Å². The molecule has 0 aromatic carbocycles. The zero-order valence-electron chi connectivity index (χ0n) is 11.3. The molecule has 0 amide bonds. The van der Waals surface area contributed by atoms with E-state index in [0.717, 1.165) is 33.0 Å². The number of fused-ring (bicyclic) bond motifs is 1. The SMILES string of the molecule is Cc1cc2c(n1-c1ncc(Br)s1)CC(C)(C)CC2O. The minimum atomic E-state index is -0.359. The number of nitrogens with zero attached hydrogens (tertiary/aromatic N) is 2. The van der Waals surface area contributed by atoms with Crippen molar-refractivity contribution >= 4 is 27.3 Å². The lowest BCUT2D eigenvalue weighted by Gasteiger charge is -2.33. The van der Waals surface area contributed by atoms with Gasteiger partial charge in [-0.05, 0) is 47.2 Å². The Balaban J connectivity index is 2.17. The molecule has 0 bridgehead atoms. The Kier molecular flexibility index (Phi) is 3.11. The average Bonchev–Trinajstić information content (AvgIpc) is 2.81. The molecule has 0 aliphatic heterocycles. The van der Waals surface area contributed by atoms with Crippen LogP contribution in [-0.4, -0.2) is 14.7 Å². The number of thiazole rings is 1. The number of halogens is 1. The largest absolute Gasteiger partial charge is 0.388 e. The van der Waals surface area contributed by atoms with Gasteiger partial charge in [-0.25, -0.2) is 4.98 Å². The molecule has 1 aliphatic rings. The number of aliphatic hydroxyl groups is 1. The maximum atomic E-state index is 10.3. The molecule has 0 radical (unpaired) electrons. The van der Waals surface area contributed by atoms with E-state index in [2.05, 4.69) is 52.3 Å². The van der Waals surface area contributed by atoms with Crippen LogP contribution < -0.4 is 0 Å². The summed E-state index contributed by atoms with van der Waals surface area (Å²) in [6.07, 6.45) is 3.27. The molecule has 1 unspecified atom stereocenters. The number of aliphatic hydroxyl groups excluding tert-OH is 1. The third kappa shape index (κ3) is 2.28. The van der Waals surface area contributed by atoms with Gasteiger partial charge in [0.25, 0.3) is 0 Å². The van der Waals surface area contributed by atoms with Crippen LogP contribution in [0.3, 0.4) is 0 Å². The monoisotopic (exact) mass is 340 g/mol. The third-order valence-corrected chi connectivity index (χ3v) is 5.19. The number of hydrogen-bond acceptors (Lipinski definition) is 3. The first-order chi connectivity index (χ1) is 8.87. The molecule has 3 nitrogen and oxygen atoms in total. The quantitative estimate of drug-likeness (QED) is 0.851. The third-order valence-electron chi connectivity index (χ3n) is 3.73. The van der Waals surface area contributed by atoms with Crippen LogP contribution in [0.25, 0.3) is 5.13 Å². The van der Waals surface area contributed by atoms with Gasteiger partial charge in [-0.3, -0.25) is 4.57 Å². The smallest absolute Gasteiger partial charge is 0.195 e. The van der Waals surface area contributed by atoms with Crippen LogP contribution in [0.5, 0.6) is 0 Å². The van der Waals surface area contributed by atoms with Crippen LogP contribution in [-0.2, 0) is 6.42 Å². The zero-order chi connectivity index (χ0) is 13.8. The molecule has 19 heavy (non-hydrogen) atoms. The first kappa shape index (κ1) is 13.3. The number of hydrogen-bond donors (Lipinski definition) is 1. The Morgan fingerprint density at radius 1 is 1.53 bits per heavy atom. The number of aromatic nitrogens is 2. The van der Waals surface area contributed by atoms with E-state index < -0.39 is 0 Å². The van der Waals surface area contributed by atoms with Crippen molar-refractivity contribution in [1.82, 2.24) is 9.55 Å². The summed E-state index contributed by atoms with van der Waals surface area (Å²) in [7, 11) is 0. The minimum Gasteiger partial charge on any atom is -0.388 e. The van der Waals surface area contributed by atoms with Crippen LogP contribution in [0.4, 0.5) is 0 Å². The van der Waals surface area contributed by atoms with E-state index in [1.807, 2.05) is 6.20 Å². The molecular formula is C14H17BrN2OS. The molecule has 102 valence electrons. The van der Waals surface area contributed by atoms with Crippen molar-refractivity contribution in [3.63, 3.8) is 0 Å². The predicted molar refractivity (Wildman–Crippen MR) is 80.9 cm³/mol. The van der Waals surface area contributed by atoms with E-state index >= 15 is 0 Å². The molecule has 1 atom stereocenters. The van der Waals surface area contributed by atoms with Crippen molar-refractivity contribution in [3.8, 4) is 5.13 Å². The summed E-state index contributed by atoms with van der Waals surface area (Å²) >= 11 is 5.09. The van der Waals surface area contributed by atoms with Gasteiger partial charge in [-0.15, -0.1) is 0 Å². The Hall–Kier alpha value is -0.650. The Bertz CT molecular complexity index is 629. The normalized spacial score (nSPS) is 21.4. The fourth-order valence-corrected chi connectivity index (χ4v) is 4.23. The Morgan fingerprint density at radius 3 is 2.89 bits per heavy atom. The van der Waals surface area contributed by atoms with Crippen LogP contribution in [0, 0.1) is 12.3 Å². The summed E-state index contributed by atoms with van der Waals surface area (Å²) in [4.78, 5) is 4.45. The first-order valence-electron chi connectivity index (χ1n) is 6.38. The van der Waals surface area contributed by atoms with E-state index in [1.54, 1.807) is 11.3 Å². The molecule has 2 aromatic rings. The first-order valence-corrected chi connectivity index (χ1v) is 7.99. The van der Waals surface area contributed by atoms with Crippen LogP contribution in [0.2, 0.25) is 0 Å². The molecule has 5 heteroatoms. The van der Waals surface area contributed by atoms with Gasteiger partial charge in [-0.1, -0.05) is 25.2 Å². The van der Waals surface area contributed by atoms with Gasteiger partial charge in [0.2, 0.25) is 0 Å². The standard InChI is InChI=1S/C14H17BrN2OS/c1-8-4-9-10(5-14(2,3)6-11(9)18)17(8)13-16-7-12(15)19-13/h4,7,11,18H,5-6H2,1-3H3. The molecule has 0 fully saturated rings. The molecule has 1 N–H and O–H groups in total. The molecule has 1 aliphatic carbocycles. The zero-order valence-corrected chi connectivity index (χ0v) is 13.7. The van der Waals surface area contributed by atoms with Crippen molar-refractivity contribution in [3.05, 3.63) is 33.0 Å². The van der Waals surface area contributed by atoms with Crippen molar-refractivity contribution < 1.29 is 5.11 Å². The van der Waals surface area contributed by atoms with Gasteiger partial charge in [0.15, 0.2) is 5.13 Å². The summed E-state index contributed by atoms with van der Waals surface area (Å²) in [5.74, 6) is 0. The van der Waals surface area contributed by atoms with E-state index in [9.17, 15) is 5.11 Å². The highest BCUT2D eigenvalue weighted by Crippen LogP contribution is 2.43. The van der Waals surface area contributed by atoms with Crippen molar-refractivity contribution in [2.75, 3.05) is 0 Å². The van der Waals surface area contributed by atoms with E-state index in [1.165, 1.54) is 5.69 Å². The lowest BCUT2D eigenvalue weighted by molar-refractivity contribution is 0.0987. The fraction of sp³-hybridized carbons (Fsp3) is 0.500. The highest BCUT2D eigenvalue weighted by molar-refractivity contribution is 9.11. The van der Waals surface area contributed by atoms with Crippen LogP contribution in [0.15, 0.2) is 16.0 Å². The van der Waals surface area contributed by atoms with Gasteiger partial charge in [0.05, 0.1) is 16.1 Å². The lowest BCUT2D eigenvalue weighted by Crippen LogP contribution is -2.26. The predicted octanol–water partition coefficient (Wildman–Crippen LogP) is 4.01. The van der Waals surface area contributed by atoms with Crippen molar-refractivity contribution in [1.29, 1.82) is 0 Å². The molecule has 3 rings (SSSR count). The summed E-state index contributed by atoms with van der Waals surface area (Å²) in [6.45, 7) is 6.50. The maximum Gasteiger partial charge on any atom is 0.195 e. The van der Waals surface area contributed by atoms with E-state index in [4.69, 9.17) is 0 Å². The molecule has 0 saturated heterocycles. The maximum absolute atomic E-state index is 10.3. The second-order valence-electron chi connectivity index (χ2n) is 6.03. The minimum absolute atomic E-state index is 0.128. The van der Waals surface area contributed by atoms with Gasteiger partial charge in [0.1, 0.15) is 0 Å². The summed E-state index contributed by atoms with van der Waals surface area (Å²) in [6, 6.07) is 2.10.